The zero-order valence-corrected chi connectivity index (χ0v) is 11.0. The fourth-order valence-electron chi connectivity index (χ4n) is 0.929. The van der Waals surface area contributed by atoms with Crippen LogP contribution >= 0.6 is 23.7 Å². The van der Waals surface area contributed by atoms with E-state index in [2.05, 4.69) is 15.5 Å². The van der Waals surface area contributed by atoms with Crippen LogP contribution in [0.4, 0.5) is 18.3 Å². The van der Waals surface area contributed by atoms with Crippen molar-refractivity contribution in [2.24, 2.45) is 5.73 Å². The number of halogens is 4. The first-order valence-corrected chi connectivity index (χ1v) is 5.57. The van der Waals surface area contributed by atoms with Crippen LogP contribution in [0, 0.1) is 0 Å². The molecular formula is C8H12ClF3N4OS. The quantitative estimate of drug-likeness (QED) is 0.892. The van der Waals surface area contributed by atoms with Crippen molar-refractivity contribution in [1.82, 2.24) is 10.2 Å². The molecule has 0 fully saturated rings. The van der Waals surface area contributed by atoms with Crippen molar-refractivity contribution in [3.8, 4) is 0 Å². The molecule has 18 heavy (non-hydrogen) atoms. The third kappa shape index (κ3) is 5.61. The summed E-state index contributed by atoms with van der Waals surface area (Å²) in [5.74, 6) is -0.424. The van der Waals surface area contributed by atoms with Crippen molar-refractivity contribution < 1.29 is 18.0 Å². The smallest absolute Gasteiger partial charge is 0.328 e. The largest absolute Gasteiger partial charge is 0.445 e. The maximum absolute atomic E-state index is 12.2. The molecule has 1 aromatic heterocycles. The van der Waals surface area contributed by atoms with Gasteiger partial charge in [0.2, 0.25) is 16.0 Å². The molecule has 1 unspecified atom stereocenters. The van der Waals surface area contributed by atoms with E-state index >= 15 is 0 Å². The van der Waals surface area contributed by atoms with Gasteiger partial charge in [-0.2, -0.15) is 13.2 Å². The van der Waals surface area contributed by atoms with Gasteiger partial charge in [0.1, 0.15) is 0 Å². The van der Waals surface area contributed by atoms with Gasteiger partial charge in [0.05, 0.1) is 0 Å². The number of nitrogens with zero attached hydrogens (tertiary/aromatic N) is 2. The van der Waals surface area contributed by atoms with E-state index in [4.69, 9.17) is 5.73 Å². The second kappa shape index (κ2) is 6.86. The second-order valence-electron chi connectivity index (χ2n) is 3.47. The summed E-state index contributed by atoms with van der Waals surface area (Å²) in [4.78, 5) is 11.3. The summed E-state index contributed by atoms with van der Waals surface area (Å²) in [6.45, 7) is 1.74. The average molecular weight is 305 g/mol. The van der Waals surface area contributed by atoms with Gasteiger partial charge in [-0.25, -0.2) is 0 Å². The lowest BCUT2D eigenvalue weighted by molar-refractivity contribution is -0.138. The Hall–Kier alpha value is -0.930. The summed E-state index contributed by atoms with van der Waals surface area (Å²) in [5, 5.41) is 7.17. The zero-order chi connectivity index (χ0) is 13.1. The van der Waals surface area contributed by atoms with Gasteiger partial charge in [0, 0.05) is 12.5 Å². The van der Waals surface area contributed by atoms with Crippen molar-refractivity contribution in [2.75, 3.05) is 5.32 Å². The molecule has 1 rings (SSSR count). The maximum atomic E-state index is 12.2. The maximum Gasteiger partial charge on any atom is 0.445 e. The predicted octanol–water partition coefficient (Wildman–Crippen LogP) is 2.04. The Labute approximate surface area is 111 Å². The van der Waals surface area contributed by atoms with Crippen molar-refractivity contribution >= 4 is 34.8 Å². The molecule has 0 aromatic carbocycles. The third-order valence-electron chi connectivity index (χ3n) is 1.74. The van der Waals surface area contributed by atoms with Crippen LogP contribution in [0.5, 0.6) is 0 Å². The Kier molecular flexibility index (Phi) is 6.50. The molecule has 1 atom stereocenters. The molecule has 1 aromatic rings. The molecule has 0 spiro atoms. The summed E-state index contributed by atoms with van der Waals surface area (Å²) in [5.41, 5.74) is 5.44. The molecular weight excluding hydrogens is 293 g/mol. The number of anilines is 1. The normalized spacial score (nSPS) is 12.7. The number of carbonyl (C=O) groups excluding carboxylic acids is 1. The molecule has 1 amide bonds. The van der Waals surface area contributed by atoms with Gasteiger partial charge in [-0.3, -0.25) is 4.79 Å². The summed E-state index contributed by atoms with van der Waals surface area (Å²) >= 11 is 0.292. The van der Waals surface area contributed by atoms with Gasteiger partial charge in [-0.15, -0.1) is 22.6 Å². The SMILES string of the molecule is CC(N)CCC(=O)Nc1nnc(C(F)(F)F)s1.Cl. The highest BCUT2D eigenvalue weighted by molar-refractivity contribution is 7.15. The fraction of sp³-hybridized carbons (Fsp3) is 0.625. The molecule has 0 bridgehead atoms. The number of hydrogen-bond donors (Lipinski definition) is 2. The van der Waals surface area contributed by atoms with Gasteiger partial charge >= 0.3 is 6.18 Å². The van der Waals surface area contributed by atoms with Crippen molar-refractivity contribution in [1.29, 1.82) is 0 Å². The number of aromatic nitrogens is 2. The molecule has 5 nitrogen and oxygen atoms in total. The minimum atomic E-state index is -4.54. The first-order chi connectivity index (χ1) is 7.79. The van der Waals surface area contributed by atoms with Crippen LogP contribution in [0.1, 0.15) is 24.8 Å². The fourth-order valence-corrected chi connectivity index (χ4v) is 1.56. The first-order valence-electron chi connectivity index (χ1n) is 4.75. The van der Waals surface area contributed by atoms with E-state index in [0.717, 1.165) is 0 Å². The third-order valence-corrected chi connectivity index (χ3v) is 2.62. The van der Waals surface area contributed by atoms with Crippen molar-refractivity contribution in [2.45, 2.75) is 32.0 Å². The molecule has 0 aliphatic carbocycles. The number of rotatable bonds is 4. The minimum absolute atomic E-state index is 0. The summed E-state index contributed by atoms with van der Waals surface area (Å²) in [7, 11) is 0. The molecule has 0 aliphatic heterocycles. The van der Waals surface area contributed by atoms with E-state index in [-0.39, 0.29) is 30.0 Å². The van der Waals surface area contributed by atoms with Gasteiger partial charge in [0.25, 0.3) is 0 Å². The monoisotopic (exact) mass is 304 g/mol. The van der Waals surface area contributed by atoms with Gasteiger partial charge in [0.15, 0.2) is 0 Å². The Morgan fingerprint density at radius 3 is 2.56 bits per heavy atom. The Bertz CT molecular complexity index is 396. The molecule has 0 radical (unpaired) electrons. The molecule has 10 heteroatoms. The average Bonchev–Trinajstić information content (AvgIpc) is 2.62. The van der Waals surface area contributed by atoms with Crippen LogP contribution in [0.2, 0.25) is 0 Å². The van der Waals surface area contributed by atoms with Crippen molar-refractivity contribution in [3.05, 3.63) is 5.01 Å². The highest BCUT2D eigenvalue weighted by Crippen LogP contribution is 2.32. The lowest BCUT2D eigenvalue weighted by atomic mass is 10.2. The van der Waals surface area contributed by atoms with Crippen molar-refractivity contribution in [3.63, 3.8) is 0 Å². The van der Waals surface area contributed by atoms with E-state index in [0.29, 0.717) is 17.8 Å². The van der Waals surface area contributed by atoms with Crippen LogP contribution in [-0.4, -0.2) is 22.1 Å². The number of nitrogens with one attached hydrogen (secondary N) is 1. The number of carbonyl (C=O) groups is 1. The van der Waals surface area contributed by atoms with E-state index in [1.165, 1.54) is 0 Å². The lowest BCUT2D eigenvalue weighted by Gasteiger charge is -2.03. The van der Waals surface area contributed by atoms with E-state index in [1.54, 1.807) is 6.92 Å². The van der Waals surface area contributed by atoms with Crippen LogP contribution in [-0.2, 0) is 11.0 Å². The molecule has 0 saturated carbocycles. The van der Waals surface area contributed by atoms with Gasteiger partial charge in [-0.05, 0) is 13.3 Å². The van der Waals surface area contributed by atoms with Crippen LogP contribution < -0.4 is 11.1 Å². The molecule has 3 N–H and O–H groups in total. The van der Waals surface area contributed by atoms with Gasteiger partial charge < -0.3 is 11.1 Å². The van der Waals surface area contributed by atoms with E-state index < -0.39 is 17.1 Å². The summed E-state index contributed by atoms with van der Waals surface area (Å²) in [6, 6.07) is -0.138. The highest BCUT2D eigenvalue weighted by Gasteiger charge is 2.35. The highest BCUT2D eigenvalue weighted by atomic mass is 35.5. The molecule has 1 heterocycles. The predicted molar refractivity (Wildman–Crippen MR) is 63.7 cm³/mol. The van der Waals surface area contributed by atoms with Crippen LogP contribution in [0.3, 0.4) is 0 Å². The first kappa shape index (κ1) is 17.1. The second-order valence-corrected chi connectivity index (χ2v) is 4.45. The summed E-state index contributed by atoms with van der Waals surface area (Å²) in [6.07, 6.45) is -3.94. The Balaban J connectivity index is 0.00000289. The number of nitrogens with two attached hydrogens (primary N) is 1. The number of amides is 1. The van der Waals surface area contributed by atoms with Crippen LogP contribution in [0.25, 0.3) is 0 Å². The zero-order valence-electron chi connectivity index (χ0n) is 9.32. The standard InChI is InChI=1S/C8H11F3N4OS.ClH/c1-4(12)2-3-5(16)13-7-15-14-6(17-7)8(9,10)11;/h4H,2-3,12H2,1H3,(H,13,15,16);1H. The molecule has 0 aliphatic rings. The summed E-state index contributed by atoms with van der Waals surface area (Å²) < 4.78 is 36.5. The van der Waals surface area contributed by atoms with Crippen LogP contribution in [0.15, 0.2) is 0 Å². The number of hydrogen-bond acceptors (Lipinski definition) is 5. The van der Waals surface area contributed by atoms with E-state index in [1.807, 2.05) is 0 Å². The topological polar surface area (TPSA) is 80.9 Å². The Morgan fingerprint density at radius 1 is 1.50 bits per heavy atom. The Morgan fingerprint density at radius 2 is 2.11 bits per heavy atom. The molecule has 104 valence electrons. The van der Waals surface area contributed by atoms with E-state index in [9.17, 15) is 18.0 Å². The number of alkyl halides is 3. The van der Waals surface area contributed by atoms with Gasteiger partial charge in [-0.1, -0.05) is 11.3 Å². The molecule has 0 saturated heterocycles. The minimum Gasteiger partial charge on any atom is -0.328 e. The lowest BCUT2D eigenvalue weighted by Crippen LogP contribution is -2.19.